The highest BCUT2D eigenvalue weighted by Crippen LogP contribution is 2.25. The first kappa shape index (κ1) is 10.4. The van der Waals surface area contributed by atoms with Crippen LogP contribution in [0.15, 0.2) is 30.5 Å². The van der Waals surface area contributed by atoms with E-state index in [0.29, 0.717) is 0 Å². The molecule has 0 spiro atoms. The van der Waals surface area contributed by atoms with E-state index in [1.54, 1.807) is 0 Å². The van der Waals surface area contributed by atoms with Gasteiger partial charge >= 0.3 is 0 Å². The number of fused-ring (bicyclic) bond motifs is 1. The van der Waals surface area contributed by atoms with Gasteiger partial charge in [-0.15, -0.1) is 0 Å². The summed E-state index contributed by atoms with van der Waals surface area (Å²) in [6.07, 6.45) is 1.91. The monoisotopic (exact) mass is 219 g/mol. The number of benzene rings is 1. The maximum absolute atomic E-state index is 5.96. The zero-order valence-electron chi connectivity index (χ0n) is 9.21. The van der Waals surface area contributed by atoms with E-state index in [1.807, 2.05) is 24.4 Å². The molecule has 0 saturated heterocycles. The Labute approximate surface area is 95.1 Å². The minimum Gasteiger partial charge on any atom is -0.260 e. The van der Waals surface area contributed by atoms with Gasteiger partial charge in [0, 0.05) is 27.7 Å². The molecule has 0 unspecified atom stereocenters. The Hall–Kier alpha value is -1.08. The summed E-state index contributed by atoms with van der Waals surface area (Å²) in [5, 5.41) is 3.06. The molecule has 0 aliphatic rings. The molecule has 1 aromatic heterocycles. The Morgan fingerprint density at radius 1 is 1.07 bits per heavy atom. The molecule has 78 valence electrons. The lowest BCUT2D eigenvalue weighted by Crippen LogP contribution is -2.12. The van der Waals surface area contributed by atoms with E-state index in [1.165, 1.54) is 0 Å². The highest BCUT2D eigenvalue weighted by atomic mass is 35.5. The summed E-state index contributed by atoms with van der Waals surface area (Å²) >= 11 is 5.96. The second-order valence-corrected chi connectivity index (χ2v) is 5.25. The number of rotatable bonds is 0. The highest BCUT2D eigenvalue weighted by molar-refractivity contribution is 6.31. The second kappa shape index (κ2) is 3.49. The van der Waals surface area contributed by atoms with Gasteiger partial charge in [-0.3, -0.25) is 4.98 Å². The van der Waals surface area contributed by atoms with E-state index < -0.39 is 0 Å². The molecule has 1 nitrogen and oxygen atoms in total. The third kappa shape index (κ3) is 2.13. The van der Waals surface area contributed by atoms with Gasteiger partial charge in [0.2, 0.25) is 0 Å². The molecule has 0 bridgehead atoms. The standard InChI is InChI=1S/C13H14ClN/c1-13(2,3)12-7-10-6-11(14)5-4-9(10)8-15-12/h4-8H,1-3H3. The molecule has 0 aliphatic heterocycles. The normalized spacial score (nSPS) is 12.0. The van der Waals surface area contributed by atoms with E-state index in [2.05, 4.69) is 31.8 Å². The van der Waals surface area contributed by atoms with Crippen LogP contribution < -0.4 is 0 Å². The van der Waals surface area contributed by atoms with Crippen LogP contribution in [0.5, 0.6) is 0 Å². The average molecular weight is 220 g/mol. The van der Waals surface area contributed by atoms with Crippen molar-refractivity contribution in [3.05, 3.63) is 41.2 Å². The van der Waals surface area contributed by atoms with Crippen molar-refractivity contribution in [2.75, 3.05) is 0 Å². The van der Waals surface area contributed by atoms with E-state index in [4.69, 9.17) is 11.6 Å². The van der Waals surface area contributed by atoms with E-state index >= 15 is 0 Å². The van der Waals surface area contributed by atoms with Crippen LogP contribution in [0.1, 0.15) is 26.5 Å². The molecular formula is C13H14ClN. The zero-order chi connectivity index (χ0) is 11.1. The number of nitrogens with zero attached hydrogens (tertiary/aromatic N) is 1. The third-order valence-corrected chi connectivity index (χ3v) is 2.69. The molecule has 1 aromatic carbocycles. The van der Waals surface area contributed by atoms with Crippen LogP contribution in [0, 0.1) is 0 Å². The Morgan fingerprint density at radius 2 is 1.80 bits per heavy atom. The van der Waals surface area contributed by atoms with Gasteiger partial charge in [0.25, 0.3) is 0 Å². The number of pyridine rings is 1. The number of aromatic nitrogens is 1. The molecule has 1 heterocycles. The quantitative estimate of drug-likeness (QED) is 0.648. The van der Waals surface area contributed by atoms with Gasteiger partial charge in [0.05, 0.1) is 0 Å². The van der Waals surface area contributed by atoms with Crippen molar-refractivity contribution in [1.29, 1.82) is 0 Å². The van der Waals surface area contributed by atoms with E-state index in [-0.39, 0.29) is 5.41 Å². The van der Waals surface area contributed by atoms with Crippen LogP contribution in [0.25, 0.3) is 10.8 Å². The van der Waals surface area contributed by atoms with Crippen LogP contribution in [-0.4, -0.2) is 4.98 Å². The second-order valence-electron chi connectivity index (χ2n) is 4.81. The first-order valence-electron chi connectivity index (χ1n) is 5.02. The van der Waals surface area contributed by atoms with Gasteiger partial charge in [-0.2, -0.15) is 0 Å². The number of halogens is 1. The predicted octanol–water partition coefficient (Wildman–Crippen LogP) is 4.19. The molecule has 2 rings (SSSR count). The van der Waals surface area contributed by atoms with Gasteiger partial charge in [0.1, 0.15) is 0 Å². The van der Waals surface area contributed by atoms with Crippen molar-refractivity contribution in [1.82, 2.24) is 4.98 Å². The molecule has 2 aromatic rings. The summed E-state index contributed by atoms with van der Waals surface area (Å²) in [5.41, 5.74) is 1.17. The van der Waals surface area contributed by atoms with E-state index in [0.717, 1.165) is 21.5 Å². The first-order chi connectivity index (χ1) is 6.97. The van der Waals surface area contributed by atoms with Crippen LogP contribution >= 0.6 is 11.6 Å². The minimum atomic E-state index is 0.0799. The summed E-state index contributed by atoms with van der Waals surface area (Å²) in [4.78, 5) is 4.46. The van der Waals surface area contributed by atoms with Crippen molar-refractivity contribution in [2.45, 2.75) is 26.2 Å². The zero-order valence-corrected chi connectivity index (χ0v) is 9.97. The fraction of sp³-hybridized carbons (Fsp3) is 0.308. The van der Waals surface area contributed by atoms with Crippen LogP contribution in [0.2, 0.25) is 5.02 Å². The largest absolute Gasteiger partial charge is 0.260 e. The van der Waals surface area contributed by atoms with Crippen molar-refractivity contribution >= 4 is 22.4 Å². The third-order valence-electron chi connectivity index (χ3n) is 2.45. The summed E-state index contributed by atoms with van der Waals surface area (Å²) < 4.78 is 0. The maximum Gasteiger partial charge on any atom is 0.0463 e. The lowest BCUT2D eigenvalue weighted by molar-refractivity contribution is 0.570. The lowest BCUT2D eigenvalue weighted by atomic mass is 9.91. The van der Waals surface area contributed by atoms with E-state index in [9.17, 15) is 0 Å². The summed E-state index contributed by atoms with van der Waals surface area (Å²) in [5.74, 6) is 0. The fourth-order valence-corrected chi connectivity index (χ4v) is 1.70. The molecule has 0 aliphatic carbocycles. The van der Waals surface area contributed by atoms with Gasteiger partial charge in [-0.05, 0) is 23.6 Å². The number of hydrogen-bond donors (Lipinski definition) is 0. The molecule has 0 fully saturated rings. The molecule has 15 heavy (non-hydrogen) atoms. The minimum absolute atomic E-state index is 0.0799. The lowest BCUT2D eigenvalue weighted by Gasteiger charge is -2.17. The summed E-state index contributed by atoms with van der Waals surface area (Å²) in [6.45, 7) is 6.48. The van der Waals surface area contributed by atoms with Gasteiger partial charge < -0.3 is 0 Å². The summed E-state index contributed by atoms with van der Waals surface area (Å²) in [7, 11) is 0. The van der Waals surface area contributed by atoms with Gasteiger partial charge in [-0.1, -0.05) is 38.4 Å². The molecule has 0 atom stereocenters. The highest BCUT2D eigenvalue weighted by Gasteiger charge is 2.15. The van der Waals surface area contributed by atoms with Crippen LogP contribution in [0.3, 0.4) is 0 Å². The van der Waals surface area contributed by atoms with Crippen molar-refractivity contribution < 1.29 is 0 Å². The topological polar surface area (TPSA) is 12.9 Å². The smallest absolute Gasteiger partial charge is 0.0463 e. The Bertz CT molecular complexity index is 497. The predicted molar refractivity (Wildman–Crippen MR) is 65.5 cm³/mol. The van der Waals surface area contributed by atoms with Crippen molar-refractivity contribution in [3.8, 4) is 0 Å². The van der Waals surface area contributed by atoms with Crippen LogP contribution in [0.4, 0.5) is 0 Å². The SMILES string of the molecule is CC(C)(C)c1cc2cc(Cl)ccc2cn1. The molecule has 0 radical (unpaired) electrons. The average Bonchev–Trinajstić information content (AvgIpc) is 2.15. The molecule has 0 N–H and O–H groups in total. The Kier molecular flexibility index (Phi) is 2.43. The molecule has 2 heteroatoms. The van der Waals surface area contributed by atoms with Gasteiger partial charge in [-0.25, -0.2) is 0 Å². The first-order valence-corrected chi connectivity index (χ1v) is 5.40. The molecule has 0 amide bonds. The fourth-order valence-electron chi connectivity index (χ4n) is 1.52. The van der Waals surface area contributed by atoms with Crippen molar-refractivity contribution in [2.24, 2.45) is 0 Å². The van der Waals surface area contributed by atoms with Crippen LogP contribution in [-0.2, 0) is 5.41 Å². The van der Waals surface area contributed by atoms with Gasteiger partial charge in [0.15, 0.2) is 0 Å². The van der Waals surface area contributed by atoms with Crippen molar-refractivity contribution in [3.63, 3.8) is 0 Å². The number of hydrogen-bond acceptors (Lipinski definition) is 1. The summed E-state index contributed by atoms with van der Waals surface area (Å²) in [6, 6.07) is 7.98. The Balaban J connectivity index is 2.64. The molecular weight excluding hydrogens is 206 g/mol. The molecule has 0 saturated carbocycles. The maximum atomic E-state index is 5.96. The Morgan fingerprint density at radius 3 is 2.47 bits per heavy atom.